The fourth-order valence-corrected chi connectivity index (χ4v) is 1.90. The van der Waals surface area contributed by atoms with Gasteiger partial charge in [0.05, 0.1) is 12.2 Å². The summed E-state index contributed by atoms with van der Waals surface area (Å²) >= 11 is 0. The fraction of sp³-hybridized carbons (Fsp3) is 0.571. The van der Waals surface area contributed by atoms with Crippen molar-refractivity contribution in [2.24, 2.45) is 0 Å². The Morgan fingerprint density at radius 2 is 1.95 bits per heavy atom. The molecular weight excluding hydrogens is 255 g/mol. The molecule has 1 aromatic rings. The largest absolute Gasteiger partial charge is 0.416 e. The molecule has 0 atom stereocenters. The number of unbranched alkanes of at least 4 members (excludes halogenated alkanes) is 1. The van der Waals surface area contributed by atoms with Gasteiger partial charge >= 0.3 is 6.18 Å². The van der Waals surface area contributed by atoms with Crippen LogP contribution in [0.2, 0.25) is 0 Å². The number of hydrogen-bond donors (Lipinski definition) is 1. The van der Waals surface area contributed by atoms with Gasteiger partial charge in [-0.15, -0.1) is 0 Å². The van der Waals surface area contributed by atoms with E-state index in [1.54, 1.807) is 6.07 Å². The summed E-state index contributed by atoms with van der Waals surface area (Å²) in [5.41, 5.74) is 0.00354. The molecule has 5 heteroatoms. The molecule has 0 amide bonds. The molecule has 0 aromatic heterocycles. The van der Waals surface area contributed by atoms with Crippen molar-refractivity contribution in [2.45, 2.75) is 32.5 Å². The predicted octanol–water partition coefficient (Wildman–Crippen LogP) is 3.30. The van der Waals surface area contributed by atoms with E-state index in [-0.39, 0.29) is 6.61 Å². The second-order valence-electron chi connectivity index (χ2n) is 4.55. The van der Waals surface area contributed by atoms with Gasteiger partial charge in [0.1, 0.15) is 0 Å². The Kier molecular flexibility index (Phi) is 6.31. The Hall–Kier alpha value is -1.07. The number of halogens is 3. The molecule has 19 heavy (non-hydrogen) atoms. The fourth-order valence-electron chi connectivity index (χ4n) is 1.90. The smallest absolute Gasteiger partial charge is 0.395 e. The van der Waals surface area contributed by atoms with Gasteiger partial charge in [-0.1, -0.05) is 31.5 Å². The Morgan fingerprint density at radius 1 is 1.21 bits per heavy atom. The van der Waals surface area contributed by atoms with Crippen molar-refractivity contribution in [1.82, 2.24) is 4.90 Å². The minimum Gasteiger partial charge on any atom is -0.395 e. The van der Waals surface area contributed by atoms with Crippen LogP contribution in [0.4, 0.5) is 13.2 Å². The van der Waals surface area contributed by atoms with E-state index in [1.807, 2.05) is 4.90 Å². The molecule has 0 aliphatic heterocycles. The monoisotopic (exact) mass is 275 g/mol. The number of hydrogen-bond acceptors (Lipinski definition) is 2. The molecule has 1 aromatic carbocycles. The van der Waals surface area contributed by atoms with Crippen molar-refractivity contribution in [3.8, 4) is 0 Å². The SMILES string of the molecule is CCCCN(CCO)Cc1cccc(C(F)(F)F)c1. The van der Waals surface area contributed by atoms with Crippen molar-refractivity contribution in [2.75, 3.05) is 19.7 Å². The van der Waals surface area contributed by atoms with E-state index in [4.69, 9.17) is 5.11 Å². The number of rotatable bonds is 7. The highest BCUT2D eigenvalue weighted by molar-refractivity contribution is 5.25. The molecular formula is C14H20F3NO. The van der Waals surface area contributed by atoms with E-state index in [0.29, 0.717) is 18.7 Å². The first-order valence-corrected chi connectivity index (χ1v) is 6.46. The standard InChI is InChI=1S/C14H20F3NO/c1-2-3-7-18(8-9-19)11-12-5-4-6-13(10-12)14(15,16)17/h4-6,10,19H,2-3,7-9,11H2,1H3. The number of aliphatic hydroxyl groups is 1. The van der Waals surface area contributed by atoms with E-state index in [9.17, 15) is 13.2 Å². The van der Waals surface area contributed by atoms with E-state index in [0.717, 1.165) is 25.5 Å². The van der Waals surface area contributed by atoms with Crippen LogP contribution in [0.25, 0.3) is 0 Å². The summed E-state index contributed by atoms with van der Waals surface area (Å²) in [7, 11) is 0. The van der Waals surface area contributed by atoms with Crippen LogP contribution >= 0.6 is 0 Å². The van der Waals surface area contributed by atoms with Crippen LogP contribution in [0.5, 0.6) is 0 Å². The van der Waals surface area contributed by atoms with E-state index in [1.165, 1.54) is 12.1 Å². The topological polar surface area (TPSA) is 23.5 Å². The number of alkyl halides is 3. The molecule has 0 radical (unpaired) electrons. The first-order valence-electron chi connectivity index (χ1n) is 6.46. The van der Waals surface area contributed by atoms with Crippen molar-refractivity contribution in [3.05, 3.63) is 35.4 Å². The molecule has 0 fully saturated rings. The molecule has 1 rings (SSSR count). The highest BCUT2D eigenvalue weighted by atomic mass is 19.4. The normalized spacial score (nSPS) is 12.1. The van der Waals surface area contributed by atoms with Gasteiger partial charge in [-0.05, 0) is 24.6 Å². The van der Waals surface area contributed by atoms with Crippen LogP contribution in [-0.2, 0) is 12.7 Å². The Balaban J connectivity index is 2.73. The van der Waals surface area contributed by atoms with Crippen LogP contribution in [0.1, 0.15) is 30.9 Å². The minimum atomic E-state index is -4.30. The average Bonchev–Trinajstić information content (AvgIpc) is 2.35. The van der Waals surface area contributed by atoms with Crippen LogP contribution in [0, 0.1) is 0 Å². The molecule has 0 unspecified atom stereocenters. The highest BCUT2D eigenvalue weighted by Gasteiger charge is 2.30. The summed E-state index contributed by atoms with van der Waals surface area (Å²) in [5, 5.41) is 8.98. The van der Waals surface area contributed by atoms with Crippen LogP contribution in [-0.4, -0.2) is 29.7 Å². The summed E-state index contributed by atoms with van der Waals surface area (Å²) in [5.74, 6) is 0. The molecule has 2 nitrogen and oxygen atoms in total. The third-order valence-corrected chi connectivity index (χ3v) is 2.90. The van der Waals surface area contributed by atoms with Crippen LogP contribution in [0.15, 0.2) is 24.3 Å². The van der Waals surface area contributed by atoms with E-state index in [2.05, 4.69) is 6.92 Å². The molecule has 0 bridgehead atoms. The van der Waals surface area contributed by atoms with Crippen LogP contribution in [0.3, 0.4) is 0 Å². The highest BCUT2D eigenvalue weighted by Crippen LogP contribution is 2.29. The first kappa shape index (κ1) is 16.0. The van der Waals surface area contributed by atoms with Crippen molar-refractivity contribution >= 4 is 0 Å². The lowest BCUT2D eigenvalue weighted by atomic mass is 10.1. The zero-order valence-corrected chi connectivity index (χ0v) is 11.1. The zero-order chi connectivity index (χ0) is 14.3. The maximum atomic E-state index is 12.6. The minimum absolute atomic E-state index is 0.0165. The summed E-state index contributed by atoms with van der Waals surface area (Å²) in [6.45, 7) is 3.78. The third-order valence-electron chi connectivity index (χ3n) is 2.90. The van der Waals surface area contributed by atoms with Gasteiger partial charge in [0, 0.05) is 13.1 Å². The Bertz CT molecular complexity index is 379. The van der Waals surface area contributed by atoms with Crippen molar-refractivity contribution in [3.63, 3.8) is 0 Å². The molecule has 0 spiro atoms. The number of nitrogens with zero attached hydrogens (tertiary/aromatic N) is 1. The van der Waals surface area contributed by atoms with Crippen molar-refractivity contribution in [1.29, 1.82) is 0 Å². The summed E-state index contributed by atoms with van der Waals surface area (Å²) in [6, 6.07) is 5.36. The lowest BCUT2D eigenvalue weighted by Crippen LogP contribution is -2.27. The van der Waals surface area contributed by atoms with Gasteiger partial charge < -0.3 is 5.11 Å². The zero-order valence-electron chi connectivity index (χ0n) is 11.1. The molecule has 0 saturated heterocycles. The molecule has 108 valence electrons. The average molecular weight is 275 g/mol. The second kappa shape index (κ2) is 7.50. The van der Waals surface area contributed by atoms with Gasteiger partial charge in [-0.3, -0.25) is 4.90 Å². The quantitative estimate of drug-likeness (QED) is 0.825. The van der Waals surface area contributed by atoms with Gasteiger partial charge in [0.25, 0.3) is 0 Å². The van der Waals surface area contributed by atoms with Gasteiger partial charge in [-0.2, -0.15) is 13.2 Å². The van der Waals surface area contributed by atoms with Gasteiger partial charge in [-0.25, -0.2) is 0 Å². The lowest BCUT2D eigenvalue weighted by molar-refractivity contribution is -0.137. The summed E-state index contributed by atoms with van der Waals surface area (Å²) < 4.78 is 37.8. The maximum absolute atomic E-state index is 12.6. The predicted molar refractivity (Wildman–Crippen MR) is 68.7 cm³/mol. The Morgan fingerprint density at radius 3 is 2.53 bits per heavy atom. The molecule has 0 saturated carbocycles. The van der Waals surface area contributed by atoms with Crippen LogP contribution < -0.4 is 0 Å². The lowest BCUT2D eigenvalue weighted by Gasteiger charge is -2.21. The number of benzene rings is 1. The number of aliphatic hydroxyl groups excluding tert-OH is 1. The Labute approximate surface area is 111 Å². The molecule has 1 N–H and O–H groups in total. The summed E-state index contributed by atoms with van der Waals surface area (Å²) in [4.78, 5) is 1.97. The van der Waals surface area contributed by atoms with E-state index >= 15 is 0 Å². The molecule has 0 heterocycles. The van der Waals surface area contributed by atoms with E-state index < -0.39 is 11.7 Å². The van der Waals surface area contributed by atoms with Gasteiger partial charge in [0.2, 0.25) is 0 Å². The second-order valence-corrected chi connectivity index (χ2v) is 4.55. The summed E-state index contributed by atoms with van der Waals surface area (Å²) in [6.07, 6.45) is -2.31. The molecule has 0 aliphatic rings. The first-order chi connectivity index (χ1) is 8.97. The van der Waals surface area contributed by atoms with Crippen molar-refractivity contribution < 1.29 is 18.3 Å². The third kappa shape index (κ3) is 5.61. The molecule has 0 aliphatic carbocycles. The van der Waals surface area contributed by atoms with Gasteiger partial charge in [0.15, 0.2) is 0 Å². The maximum Gasteiger partial charge on any atom is 0.416 e.